The minimum atomic E-state index is -0.781. The second-order valence-corrected chi connectivity index (χ2v) is 10.1. The summed E-state index contributed by atoms with van der Waals surface area (Å²) in [7, 11) is 1.60. The molecule has 1 aromatic carbocycles. The highest BCUT2D eigenvalue weighted by Gasteiger charge is 2.33. The maximum atomic E-state index is 13.0. The van der Waals surface area contributed by atoms with Crippen LogP contribution in [0.4, 0.5) is 0 Å². The number of ether oxygens (including phenoxy) is 3. The normalized spacial score (nSPS) is 20.4. The van der Waals surface area contributed by atoms with Crippen molar-refractivity contribution < 1.29 is 19.0 Å². The van der Waals surface area contributed by atoms with Crippen molar-refractivity contribution in [3.05, 3.63) is 71.2 Å². The number of nitrogens with one attached hydrogen (secondary N) is 1. The molecule has 5 heterocycles. The monoisotopic (exact) mass is 524 g/mol. The summed E-state index contributed by atoms with van der Waals surface area (Å²) in [5, 5.41) is 18.1. The Hall–Kier alpha value is -4.33. The molecule has 1 saturated heterocycles. The number of fused-ring (bicyclic) bond motifs is 2. The largest absolute Gasteiger partial charge is 0.479 e. The molecule has 10 heteroatoms. The molecule has 4 aromatic rings. The van der Waals surface area contributed by atoms with Gasteiger partial charge in [0.2, 0.25) is 5.88 Å². The first-order chi connectivity index (χ1) is 19.0. The first-order valence-electron chi connectivity index (χ1n) is 12.8. The molecule has 2 aliphatic heterocycles. The first kappa shape index (κ1) is 25.0. The molecule has 2 aliphatic rings. The van der Waals surface area contributed by atoms with Crippen molar-refractivity contribution in [2.75, 3.05) is 26.9 Å². The average Bonchev–Trinajstić information content (AvgIpc) is 3.66. The lowest BCUT2D eigenvalue weighted by Gasteiger charge is -2.30. The Morgan fingerprint density at radius 1 is 1.28 bits per heavy atom. The third kappa shape index (κ3) is 4.71. The Morgan fingerprint density at radius 2 is 2.18 bits per heavy atom. The van der Waals surface area contributed by atoms with Crippen LogP contribution in [0.2, 0.25) is 0 Å². The summed E-state index contributed by atoms with van der Waals surface area (Å²) in [4.78, 5) is 22.3. The molecule has 0 radical (unpaired) electrons. The smallest absolute Gasteiger partial charge is 0.251 e. The van der Waals surface area contributed by atoms with Gasteiger partial charge in [0.25, 0.3) is 5.91 Å². The Bertz CT molecular complexity index is 1600. The van der Waals surface area contributed by atoms with Gasteiger partial charge in [0.05, 0.1) is 68.1 Å². The summed E-state index contributed by atoms with van der Waals surface area (Å²) >= 11 is 0. The van der Waals surface area contributed by atoms with E-state index in [1.165, 1.54) is 0 Å². The first-order valence-corrected chi connectivity index (χ1v) is 12.8. The van der Waals surface area contributed by atoms with Gasteiger partial charge in [-0.15, -0.1) is 5.10 Å². The fourth-order valence-electron chi connectivity index (χ4n) is 5.09. The van der Waals surface area contributed by atoms with Crippen molar-refractivity contribution in [3.8, 4) is 23.2 Å². The second kappa shape index (κ2) is 10.1. The van der Waals surface area contributed by atoms with E-state index < -0.39 is 5.41 Å². The van der Waals surface area contributed by atoms with Gasteiger partial charge in [-0.2, -0.15) is 5.26 Å². The quantitative estimate of drug-likeness (QED) is 0.405. The average molecular weight is 525 g/mol. The number of rotatable bonds is 6. The van der Waals surface area contributed by atoms with Crippen LogP contribution in [0.25, 0.3) is 22.2 Å². The minimum absolute atomic E-state index is 0.185. The summed E-state index contributed by atoms with van der Waals surface area (Å²) in [6.45, 7) is 4.17. The molecule has 10 nitrogen and oxygen atoms in total. The van der Waals surface area contributed by atoms with Crippen LogP contribution in [0.5, 0.6) is 5.88 Å². The van der Waals surface area contributed by atoms with E-state index in [4.69, 9.17) is 19.2 Å². The molecule has 1 N–H and O–H groups in total. The number of carbonyl (C=O) groups excluding carboxylic acids is 1. The molecule has 2 atom stereocenters. The summed E-state index contributed by atoms with van der Waals surface area (Å²) in [6, 6.07) is 13.7. The molecule has 0 saturated carbocycles. The van der Waals surface area contributed by atoms with Crippen LogP contribution in [0, 0.1) is 11.3 Å². The Morgan fingerprint density at radius 3 is 2.97 bits per heavy atom. The molecule has 6 rings (SSSR count). The van der Waals surface area contributed by atoms with Gasteiger partial charge in [0.1, 0.15) is 5.41 Å². The Balaban J connectivity index is 1.21. The SMILES string of the molecule is COc1nn(C2CCOC2)cc1-c1ccc2cnc(CNC(=O)c3ccc4c(c3)[C@](C)(C#N)COC4)cc2n1. The van der Waals surface area contributed by atoms with Gasteiger partial charge < -0.3 is 19.5 Å². The standard InChI is InChI=1S/C29H28N6O4/c1-29(16-30)17-39-14-20-4-3-18(9-24(20)29)27(36)32-12-21-10-26-19(11-31-21)5-6-25(33-26)23-13-35(34-28(23)37-2)22-7-8-38-15-22/h3-6,9-11,13,22H,7-8,12,14-15,17H2,1-2H3,(H,32,36)/t22?,29-/m1/s1. The van der Waals surface area contributed by atoms with Crippen molar-refractivity contribution in [1.29, 1.82) is 5.26 Å². The summed E-state index contributed by atoms with van der Waals surface area (Å²) in [5.74, 6) is 0.278. The maximum absolute atomic E-state index is 13.0. The topological polar surface area (TPSA) is 124 Å². The van der Waals surface area contributed by atoms with Crippen LogP contribution in [0.3, 0.4) is 0 Å². The highest BCUT2D eigenvalue weighted by Crippen LogP contribution is 2.33. The fourth-order valence-corrected chi connectivity index (χ4v) is 5.09. The number of hydrogen-bond donors (Lipinski definition) is 1. The lowest BCUT2D eigenvalue weighted by atomic mass is 9.79. The summed E-state index contributed by atoms with van der Waals surface area (Å²) in [5.41, 5.74) is 4.46. The molecule has 1 fully saturated rings. The zero-order chi connectivity index (χ0) is 27.0. The molecule has 0 bridgehead atoms. The van der Waals surface area contributed by atoms with Crippen LogP contribution in [-0.2, 0) is 28.0 Å². The van der Waals surface area contributed by atoms with E-state index in [-0.39, 0.29) is 18.5 Å². The van der Waals surface area contributed by atoms with Gasteiger partial charge in [-0.25, -0.2) is 4.98 Å². The minimum Gasteiger partial charge on any atom is -0.479 e. The molecule has 3 aromatic heterocycles. The van der Waals surface area contributed by atoms with Crippen LogP contribution in [0.1, 0.15) is 46.6 Å². The summed E-state index contributed by atoms with van der Waals surface area (Å²) in [6.07, 6.45) is 4.62. The predicted molar refractivity (Wildman–Crippen MR) is 142 cm³/mol. The van der Waals surface area contributed by atoms with Crippen LogP contribution in [-0.4, -0.2) is 52.6 Å². The number of methoxy groups -OCH3 is 1. The number of amides is 1. The maximum Gasteiger partial charge on any atom is 0.251 e. The number of benzene rings is 1. The van der Waals surface area contributed by atoms with E-state index in [1.54, 1.807) is 25.4 Å². The van der Waals surface area contributed by atoms with Crippen molar-refractivity contribution >= 4 is 16.8 Å². The van der Waals surface area contributed by atoms with Gasteiger partial charge in [-0.3, -0.25) is 14.5 Å². The molecule has 39 heavy (non-hydrogen) atoms. The number of nitrogens with zero attached hydrogens (tertiary/aromatic N) is 5. The van der Waals surface area contributed by atoms with Crippen LogP contribution >= 0.6 is 0 Å². The van der Waals surface area contributed by atoms with Gasteiger partial charge in [-0.1, -0.05) is 6.07 Å². The van der Waals surface area contributed by atoms with E-state index in [2.05, 4.69) is 21.5 Å². The summed E-state index contributed by atoms with van der Waals surface area (Å²) < 4.78 is 18.5. The molecule has 0 spiro atoms. The van der Waals surface area contributed by atoms with Crippen molar-refractivity contribution in [2.45, 2.75) is 38.0 Å². The van der Waals surface area contributed by atoms with Gasteiger partial charge >= 0.3 is 0 Å². The molecule has 1 amide bonds. The Labute approximate surface area is 225 Å². The zero-order valence-corrected chi connectivity index (χ0v) is 21.8. The van der Waals surface area contributed by atoms with Crippen LogP contribution in [0.15, 0.2) is 48.8 Å². The van der Waals surface area contributed by atoms with Crippen molar-refractivity contribution in [3.63, 3.8) is 0 Å². The lowest BCUT2D eigenvalue weighted by molar-refractivity contribution is 0.0757. The van der Waals surface area contributed by atoms with E-state index >= 15 is 0 Å². The van der Waals surface area contributed by atoms with Gasteiger partial charge in [0, 0.05) is 30.0 Å². The van der Waals surface area contributed by atoms with E-state index in [0.29, 0.717) is 37.0 Å². The van der Waals surface area contributed by atoms with Crippen LogP contribution < -0.4 is 10.1 Å². The predicted octanol–water partition coefficient (Wildman–Crippen LogP) is 3.70. The lowest BCUT2D eigenvalue weighted by Crippen LogP contribution is -2.33. The van der Waals surface area contributed by atoms with Crippen molar-refractivity contribution in [2.24, 2.45) is 0 Å². The molecular weight excluding hydrogens is 496 g/mol. The molecular formula is C29H28N6O4. The van der Waals surface area contributed by atoms with E-state index in [1.807, 2.05) is 42.1 Å². The third-order valence-corrected chi connectivity index (χ3v) is 7.37. The Kier molecular flexibility index (Phi) is 6.46. The molecule has 198 valence electrons. The van der Waals surface area contributed by atoms with E-state index in [9.17, 15) is 10.1 Å². The van der Waals surface area contributed by atoms with Gasteiger partial charge in [-0.05, 0) is 54.8 Å². The fraction of sp³-hybridized carbons (Fsp3) is 0.345. The third-order valence-electron chi connectivity index (χ3n) is 7.37. The zero-order valence-electron chi connectivity index (χ0n) is 21.8. The number of aromatic nitrogens is 4. The number of hydrogen-bond acceptors (Lipinski definition) is 8. The van der Waals surface area contributed by atoms with E-state index in [0.717, 1.165) is 46.3 Å². The van der Waals surface area contributed by atoms with Crippen molar-refractivity contribution in [1.82, 2.24) is 25.1 Å². The number of nitriles is 1. The highest BCUT2D eigenvalue weighted by atomic mass is 16.5. The highest BCUT2D eigenvalue weighted by molar-refractivity contribution is 5.94. The molecule has 0 aliphatic carbocycles. The van der Waals surface area contributed by atoms with Gasteiger partial charge in [0.15, 0.2) is 0 Å². The second-order valence-electron chi connectivity index (χ2n) is 10.1. The number of pyridine rings is 2. The number of carbonyl (C=O) groups is 1. The molecule has 1 unspecified atom stereocenters.